The molecule has 4 aromatic rings. The zero-order valence-electron chi connectivity index (χ0n) is 18.6. The van der Waals surface area contributed by atoms with E-state index in [9.17, 15) is 5.11 Å². The van der Waals surface area contributed by atoms with Crippen molar-refractivity contribution >= 4 is 0 Å². The molecule has 1 N–H and O–H groups in total. The number of hydrogen-bond donors (Lipinski definition) is 1. The molecule has 0 fully saturated rings. The van der Waals surface area contributed by atoms with Gasteiger partial charge in [-0.25, -0.2) is 0 Å². The number of benzene rings is 3. The summed E-state index contributed by atoms with van der Waals surface area (Å²) in [6.45, 7) is 1.30. The van der Waals surface area contributed by atoms with E-state index >= 15 is 0 Å². The van der Waals surface area contributed by atoms with Crippen LogP contribution in [0.25, 0.3) is 11.4 Å². The average molecular weight is 444 g/mol. The average Bonchev–Trinajstić information content (AvgIpc) is 3.33. The Morgan fingerprint density at radius 3 is 2.45 bits per heavy atom. The molecule has 0 bridgehead atoms. The fraction of sp³-hybridized carbons (Fsp3) is 0.231. The molecule has 3 aromatic carbocycles. The van der Waals surface area contributed by atoms with Crippen molar-refractivity contribution in [2.45, 2.75) is 19.0 Å². The van der Waals surface area contributed by atoms with Crippen LogP contribution in [-0.2, 0) is 13.0 Å². The SMILES string of the molecule is COc1cc2c(cc1OC)[C@H](c1ccc(O)cc1)N(Cc1nc(-c3ccccc3)no1)CC2. The molecule has 0 unspecified atom stereocenters. The molecule has 0 radical (unpaired) electrons. The number of hydrogen-bond acceptors (Lipinski definition) is 7. The van der Waals surface area contributed by atoms with Crippen molar-refractivity contribution in [3.8, 4) is 28.6 Å². The lowest BCUT2D eigenvalue weighted by atomic mass is 9.87. The summed E-state index contributed by atoms with van der Waals surface area (Å²) in [7, 11) is 3.29. The van der Waals surface area contributed by atoms with Gasteiger partial charge < -0.3 is 19.1 Å². The van der Waals surface area contributed by atoms with E-state index in [1.165, 1.54) is 5.56 Å². The Hall–Kier alpha value is -3.84. The van der Waals surface area contributed by atoms with E-state index in [1.807, 2.05) is 48.5 Å². The van der Waals surface area contributed by atoms with Gasteiger partial charge in [-0.05, 0) is 47.4 Å². The van der Waals surface area contributed by atoms with Gasteiger partial charge in [0.1, 0.15) is 5.75 Å². The van der Waals surface area contributed by atoms with Gasteiger partial charge in [-0.2, -0.15) is 4.98 Å². The maximum absolute atomic E-state index is 9.83. The van der Waals surface area contributed by atoms with Crippen molar-refractivity contribution in [1.29, 1.82) is 0 Å². The third kappa shape index (κ3) is 4.15. The first-order chi connectivity index (χ1) is 16.2. The van der Waals surface area contributed by atoms with Crippen LogP contribution in [-0.4, -0.2) is 40.9 Å². The molecule has 5 rings (SSSR count). The number of aromatic hydroxyl groups is 1. The third-order valence-electron chi connectivity index (χ3n) is 6.02. The summed E-state index contributed by atoms with van der Waals surface area (Å²) < 4.78 is 16.7. The lowest BCUT2D eigenvalue weighted by Gasteiger charge is -2.37. The van der Waals surface area contributed by atoms with E-state index in [-0.39, 0.29) is 11.8 Å². The van der Waals surface area contributed by atoms with Gasteiger partial charge in [0.2, 0.25) is 11.7 Å². The van der Waals surface area contributed by atoms with Crippen molar-refractivity contribution in [2.24, 2.45) is 0 Å². The molecule has 1 atom stereocenters. The largest absolute Gasteiger partial charge is 0.508 e. The second kappa shape index (κ2) is 8.96. The molecule has 1 aliphatic heterocycles. The van der Waals surface area contributed by atoms with Gasteiger partial charge >= 0.3 is 0 Å². The Morgan fingerprint density at radius 1 is 1.00 bits per heavy atom. The number of fused-ring (bicyclic) bond motifs is 1. The summed E-state index contributed by atoms with van der Waals surface area (Å²) in [6, 6.07) is 21.1. The highest BCUT2D eigenvalue weighted by atomic mass is 16.5. The molecule has 2 heterocycles. The summed E-state index contributed by atoms with van der Waals surface area (Å²) >= 11 is 0. The minimum atomic E-state index is -0.0683. The second-order valence-corrected chi connectivity index (χ2v) is 8.00. The van der Waals surface area contributed by atoms with E-state index < -0.39 is 0 Å². The van der Waals surface area contributed by atoms with Crippen LogP contribution in [0.15, 0.2) is 71.3 Å². The number of rotatable bonds is 6. The molecule has 7 heteroatoms. The van der Waals surface area contributed by atoms with Gasteiger partial charge in [0.15, 0.2) is 11.5 Å². The standard InChI is InChI=1S/C26H25N3O4/c1-31-22-14-19-12-13-29(16-24-27-26(28-33-24)18-6-4-3-5-7-18)25(21(19)15-23(22)32-2)17-8-10-20(30)11-9-17/h3-11,14-15,25,30H,12-13,16H2,1-2H3/t25-/m0/s1. The lowest BCUT2D eigenvalue weighted by molar-refractivity contribution is 0.177. The molecule has 0 spiro atoms. The van der Waals surface area contributed by atoms with Gasteiger partial charge in [-0.3, -0.25) is 4.90 Å². The zero-order chi connectivity index (χ0) is 22.8. The summed E-state index contributed by atoms with van der Waals surface area (Å²) in [5, 5.41) is 14.0. The molecule has 0 saturated carbocycles. The highest BCUT2D eigenvalue weighted by Gasteiger charge is 2.31. The van der Waals surface area contributed by atoms with Crippen LogP contribution in [0.4, 0.5) is 0 Å². The fourth-order valence-electron chi connectivity index (χ4n) is 4.41. The van der Waals surface area contributed by atoms with Crippen molar-refractivity contribution in [3.05, 3.63) is 89.3 Å². The van der Waals surface area contributed by atoms with Crippen LogP contribution in [0.3, 0.4) is 0 Å². The summed E-state index contributed by atoms with van der Waals surface area (Å²) in [5.74, 6) is 2.78. The Balaban J connectivity index is 1.52. The Kier molecular flexibility index (Phi) is 5.71. The number of phenolic OH excluding ortho intramolecular Hbond substituents is 1. The molecular formula is C26H25N3O4. The topological polar surface area (TPSA) is 80.9 Å². The molecule has 7 nitrogen and oxygen atoms in total. The van der Waals surface area contributed by atoms with Gasteiger partial charge in [0.25, 0.3) is 0 Å². The van der Waals surface area contributed by atoms with Crippen LogP contribution in [0.1, 0.15) is 28.6 Å². The lowest BCUT2D eigenvalue weighted by Crippen LogP contribution is -2.35. The first-order valence-electron chi connectivity index (χ1n) is 10.8. The van der Waals surface area contributed by atoms with E-state index in [1.54, 1.807) is 26.4 Å². The van der Waals surface area contributed by atoms with Crippen molar-refractivity contribution in [1.82, 2.24) is 15.0 Å². The smallest absolute Gasteiger partial charge is 0.241 e. The second-order valence-electron chi connectivity index (χ2n) is 8.00. The Bertz CT molecular complexity index is 1240. The number of phenols is 1. The van der Waals surface area contributed by atoms with Crippen LogP contribution in [0.2, 0.25) is 0 Å². The molecule has 0 saturated heterocycles. The molecule has 0 amide bonds. The van der Waals surface area contributed by atoms with E-state index in [2.05, 4.69) is 21.1 Å². The monoisotopic (exact) mass is 443 g/mol. The van der Waals surface area contributed by atoms with Gasteiger partial charge in [-0.15, -0.1) is 0 Å². The van der Waals surface area contributed by atoms with E-state index in [0.29, 0.717) is 24.0 Å². The predicted octanol–water partition coefficient (Wildman–Crippen LogP) is 4.61. The van der Waals surface area contributed by atoms with Gasteiger partial charge in [0.05, 0.1) is 26.8 Å². The Labute approximate surface area is 192 Å². The maximum Gasteiger partial charge on any atom is 0.241 e. The predicted molar refractivity (Wildman–Crippen MR) is 123 cm³/mol. The minimum Gasteiger partial charge on any atom is -0.508 e. The first kappa shape index (κ1) is 21.0. The number of ether oxygens (including phenoxy) is 2. The molecule has 0 aliphatic carbocycles. The van der Waals surface area contributed by atoms with Crippen molar-refractivity contribution in [2.75, 3.05) is 20.8 Å². The van der Waals surface area contributed by atoms with Crippen molar-refractivity contribution in [3.63, 3.8) is 0 Å². The molecule has 33 heavy (non-hydrogen) atoms. The van der Waals surface area contributed by atoms with Crippen LogP contribution in [0.5, 0.6) is 17.2 Å². The molecule has 1 aromatic heterocycles. The first-order valence-corrected chi connectivity index (χ1v) is 10.8. The third-order valence-corrected chi connectivity index (χ3v) is 6.02. The molecule has 1 aliphatic rings. The van der Waals surface area contributed by atoms with Gasteiger partial charge in [0, 0.05) is 12.1 Å². The number of methoxy groups -OCH3 is 2. The highest BCUT2D eigenvalue weighted by molar-refractivity contribution is 5.54. The minimum absolute atomic E-state index is 0.0683. The summed E-state index contributed by atoms with van der Waals surface area (Å²) in [6.07, 6.45) is 0.851. The number of nitrogens with zero attached hydrogens (tertiary/aromatic N) is 3. The highest BCUT2D eigenvalue weighted by Crippen LogP contribution is 2.41. The normalized spacial score (nSPS) is 15.8. The Morgan fingerprint density at radius 2 is 1.73 bits per heavy atom. The quantitative estimate of drug-likeness (QED) is 0.466. The van der Waals surface area contributed by atoms with Crippen LogP contribution < -0.4 is 9.47 Å². The molecular weight excluding hydrogens is 418 g/mol. The fourth-order valence-corrected chi connectivity index (χ4v) is 4.41. The summed E-state index contributed by atoms with van der Waals surface area (Å²) in [4.78, 5) is 6.94. The van der Waals surface area contributed by atoms with E-state index in [0.717, 1.165) is 35.4 Å². The maximum atomic E-state index is 9.83. The van der Waals surface area contributed by atoms with Crippen LogP contribution in [0, 0.1) is 0 Å². The van der Waals surface area contributed by atoms with E-state index in [4.69, 9.17) is 14.0 Å². The van der Waals surface area contributed by atoms with Crippen LogP contribution >= 0.6 is 0 Å². The molecule has 168 valence electrons. The zero-order valence-corrected chi connectivity index (χ0v) is 18.6. The number of aromatic nitrogens is 2. The van der Waals surface area contributed by atoms with Crippen molar-refractivity contribution < 1.29 is 19.1 Å². The summed E-state index contributed by atoms with van der Waals surface area (Å²) in [5.41, 5.74) is 4.32. The van der Waals surface area contributed by atoms with Gasteiger partial charge in [-0.1, -0.05) is 47.6 Å².